The summed E-state index contributed by atoms with van der Waals surface area (Å²) in [5.74, 6) is 0.667. The zero-order chi connectivity index (χ0) is 21.1. The number of nitrogens with two attached hydrogens (primary N) is 1. The number of sulfonamides is 1. The molecule has 2 aromatic carbocycles. The maximum absolute atomic E-state index is 11.4. The summed E-state index contributed by atoms with van der Waals surface area (Å²) >= 11 is 0. The second-order valence-corrected chi connectivity index (χ2v) is 10.2. The number of hydrogen-bond acceptors (Lipinski definition) is 4. The minimum atomic E-state index is -3.62. The summed E-state index contributed by atoms with van der Waals surface area (Å²) < 4.78 is 22.8. The third-order valence-corrected chi connectivity index (χ3v) is 7.19. The van der Waals surface area contributed by atoms with Gasteiger partial charge in [-0.1, -0.05) is 54.1 Å². The first-order valence-corrected chi connectivity index (χ1v) is 12.3. The lowest BCUT2D eigenvalue weighted by Gasteiger charge is -2.32. The van der Waals surface area contributed by atoms with Crippen LogP contribution in [0.3, 0.4) is 0 Å². The second-order valence-electron chi connectivity index (χ2n) is 8.65. The highest BCUT2D eigenvalue weighted by Gasteiger charge is 2.39. The number of rotatable bonds is 7. The summed E-state index contributed by atoms with van der Waals surface area (Å²) in [5, 5.41) is 9.04. The van der Waals surface area contributed by atoms with Crippen molar-refractivity contribution in [1.29, 1.82) is 0 Å². The molecule has 2 fully saturated rings. The van der Waals surface area contributed by atoms with Gasteiger partial charge in [0.25, 0.3) is 0 Å². The van der Waals surface area contributed by atoms with Crippen LogP contribution < -0.4 is 10.5 Å². The van der Waals surface area contributed by atoms with E-state index in [4.69, 9.17) is 5.14 Å². The number of benzene rings is 2. The first-order valence-electron chi connectivity index (χ1n) is 10.7. The summed E-state index contributed by atoms with van der Waals surface area (Å²) in [6.07, 6.45) is 5.86. The molecule has 0 aromatic heterocycles. The van der Waals surface area contributed by atoms with Crippen LogP contribution in [0.2, 0.25) is 0 Å². The quantitative estimate of drug-likeness (QED) is 0.600. The van der Waals surface area contributed by atoms with E-state index in [2.05, 4.69) is 53.5 Å². The van der Waals surface area contributed by atoms with Crippen molar-refractivity contribution in [3.05, 3.63) is 71.3 Å². The first-order chi connectivity index (χ1) is 14.4. The Kier molecular flexibility index (Phi) is 9.76. The van der Waals surface area contributed by atoms with Crippen molar-refractivity contribution in [2.24, 2.45) is 11.1 Å². The van der Waals surface area contributed by atoms with E-state index in [9.17, 15) is 8.42 Å². The van der Waals surface area contributed by atoms with Crippen LogP contribution in [-0.4, -0.2) is 38.5 Å². The number of nitrogens with zero attached hydrogens (tertiary/aromatic N) is 1. The molecule has 1 saturated heterocycles. The van der Waals surface area contributed by atoms with Crippen molar-refractivity contribution >= 4 is 40.9 Å². The van der Waals surface area contributed by atoms with Gasteiger partial charge in [-0.2, -0.15) is 0 Å². The summed E-state index contributed by atoms with van der Waals surface area (Å²) in [6, 6.07) is 18.7. The van der Waals surface area contributed by atoms with Crippen LogP contribution in [0, 0.1) is 5.92 Å². The first kappa shape index (κ1) is 26.8. The highest BCUT2D eigenvalue weighted by molar-refractivity contribution is 7.89. The average molecular weight is 499 g/mol. The van der Waals surface area contributed by atoms with Gasteiger partial charge in [-0.3, -0.25) is 4.90 Å². The fourth-order valence-corrected chi connectivity index (χ4v) is 4.92. The molecule has 2 atom stereocenters. The van der Waals surface area contributed by atoms with Gasteiger partial charge in [-0.25, -0.2) is 13.6 Å². The standard InChI is InChI=1S/C24H31N3O2S.2ClH/c1-18(15-19-5-3-2-4-6-19)23-16-24(23)26-21-11-13-27(14-12-21)17-20-7-9-22(10-8-20)30(25,28)29;;/h2-10,15,21,23-24,26H,11-14,16-17H2,1H3,(H2,25,28,29);2*1H/b18-15+;;. The predicted molar refractivity (Wildman–Crippen MR) is 136 cm³/mol. The molecule has 2 aromatic rings. The highest BCUT2D eigenvalue weighted by atomic mass is 35.5. The topological polar surface area (TPSA) is 75.4 Å². The van der Waals surface area contributed by atoms with Gasteiger partial charge >= 0.3 is 0 Å². The van der Waals surface area contributed by atoms with Crippen LogP contribution in [0.4, 0.5) is 0 Å². The summed E-state index contributed by atoms with van der Waals surface area (Å²) in [6.45, 7) is 5.22. The minimum absolute atomic E-state index is 0. The number of halogens is 2. The molecule has 1 aliphatic carbocycles. The third kappa shape index (κ3) is 7.30. The van der Waals surface area contributed by atoms with Gasteiger partial charge in [0.15, 0.2) is 0 Å². The Labute approximate surface area is 204 Å². The molecule has 8 heteroatoms. The van der Waals surface area contributed by atoms with E-state index in [1.165, 1.54) is 17.6 Å². The fourth-order valence-electron chi connectivity index (χ4n) is 4.40. The van der Waals surface area contributed by atoms with Gasteiger partial charge in [0.05, 0.1) is 4.90 Å². The lowest BCUT2D eigenvalue weighted by molar-refractivity contribution is 0.189. The second kappa shape index (κ2) is 11.6. The van der Waals surface area contributed by atoms with Gasteiger partial charge in [0.2, 0.25) is 10.0 Å². The fraction of sp³-hybridized carbons (Fsp3) is 0.417. The van der Waals surface area contributed by atoms with E-state index in [-0.39, 0.29) is 29.7 Å². The van der Waals surface area contributed by atoms with Crippen LogP contribution in [0.5, 0.6) is 0 Å². The SMILES string of the molecule is C/C(=C\c1ccccc1)C1CC1NC1CCN(Cc2ccc(S(N)(=O)=O)cc2)CC1.Cl.Cl. The van der Waals surface area contributed by atoms with Crippen LogP contribution in [-0.2, 0) is 16.6 Å². The molecular weight excluding hydrogens is 465 g/mol. The molecule has 0 spiro atoms. The molecule has 3 N–H and O–H groups in total. The van der Waals surface area contributed by atoms with Gasteiger partial charge in [0, 0.05) is 18.6 Å². The Hall–Kier alpha value is -1.41. The molecule has 2 unspecified atom stereocenters. The van der Waals surface area contributed by atoms with Crippen molar-refractivity contribution in [3.63, 3.8) is 0 Å². The van der Waals surface area contributed by atoms with Gasteiger partial charge < -0.3 is 5.32 Å². The van der Waals surface area contributed by atoms with E-state index < -0.39 is 10.0 Å². The Morgan fingerprint density at radius 3 is 2.28 bits per heavy atom. The molecule has 4 rings (SSSR count). The zero-order valence-corrected chi connectivity index (χ0v) is 20.8. The van der Waals surface area contributed by atoms with Crippen LogP contribution in [0.15, 0.2) is 65.1 Å². The average Bonchev–Trinajstić information content (AvgIpc) is 3.49. The minimum Gasteiger partial charge on any atom is -0.311 e. The molecule has 0 radical (unpaired) electrons. The molecule has 32 heavy (non-hydrogen) atoms. The van der Waals surface area contributed by atoms with E-state index in [0.717, 1.165) is 38.0 Å². The van der Waals surface area contributed by atoms with Gasteiger partial charge in [-0.05, 0) is 68.5 Å². The lowest BCUT2D eigenvalue weighted by atomic mass is 10.0. The van der Waals surface area contributed by atoms with E-state index >= 15 is 0 Å². The molecule has 1 heterocycles. The summed E-state index contributed by atoms with van der Waals surface area (Å²) in [4.78, 5) is 2.61. The van der Waals surface area contributed by atoms with Gasteiger partial charge in [0.1, 0.15) is 0 Å². The number of likely N-dealkylation sites (tertiary alicyclic amines) is 1. The Morgan fingerprint density at radius 1 is 1.06 bits per heavy atom. The molecule has 2 aliphatic rings. The van der Waals surface area contributed by atoms with Crippen molar-refractivity contribution < 1.29 is 8.42 Å². The molecular formula is C24H33Cl2N3O2S. The zero-order valence-electron chi connectivity index (χ0n) is 18.3. The Morgan fingerprint density at radius 2 is 1.69 bits per heavy atom. The third-order valence-electron chi connectivity index (χ3n) is 6.26. The summed E-state index contributed by atoms with van der Waals surface area (Å²) in [5.41, 5.74) is 3.88. The Bertz CT molecular complexity index is 990. The lowest BCUT2D eigenvalue weighted by Crippen LogP contribution is -2.43. The van der Waals surface area contributed by atoms with Crippen molar-refractivity contribution in [1.82, 2.24) is 10.2 Å². The summed E-state index contributed by atoms with van der Waals surface area (Å²) in [7, 11) is -3.62. The van der Waals surface area contributed by atoms with Crippen LogP contribution in [0.25, 0.3) is 6.08 Å². The molecule has 0 bridgehead atoms. The van der Waals surface area contributed by atoms with Crippen molar-refractivity contribution in [3.8, 4) is 0 Å². The number of primary sulfonamides is 1. The molecule has 0 amide bonds. The van der Waals surface area contributed by atoms with Crippen molar-refractivity contribution in [2.45, 2.75) is 49.7 Å². The maximum atomic E-state index is 11.4. The molecule has 1 saturated carbocycles. The molecule has 5 nitrogen and oxygen atoms in total. The number of piperidine rings is 1. The molecule has 176 valence electrons. The van der Waals surface area contributed by atoms with Crippen molar-refractivity contribution in [2.75, 3.05) is 13.1 Å². The Balaban J connectivity index is 0.00000181. The maximum Gasteiger partial charge on any atom is 0.238 e. The van der Waals surface area contributed by atoms with E-state index in [0.29, 0.717) is 18.0 Å². The normalized spacial score (nSPS) is 22.0. The monoisotopic (exact) mass is 497 g/mol. The van der Waals surface area contributed by atoms with E-state index in [1.807, 2.05) is 12.1 Å². The van der Waals surface area contributed by atoms with E-state index in [1.54, 1.807) is 12.1 Å². The predicted octanol–water partition coefficient (Wildman–Crippen LogP) is 4.22. The smallest absolute Gasteiger partial charge is 0.238 e. The molecule has 1 aliphatic heterocycles. The van der Waals surface area contributed by atoms with Crippen LogP contribution >= 0.6 is 24.8 Å². The number of nitrogens with one attached hydrogen (secondary N) is 1. The van der Waals surface area contributed by atoms with Crippen LogP contribution in [0.1, 0.15) is 37.3 Å². The highest BCUT2D eigenvalue weighted by Crippen LogP contribution is 2.38. The van der Waals surface area contributed by atoms with Gasteiger partial charge in [-0.15, -0.1) is 24.8 Å². The largest absolute Gasteiger partial charge is 0.311 e. The number of hydrogen-bond donors (Lipinski definition) is 2.